The van der Waals surface area contributed by atoms with E-state index >= 15 is 0 Å². The van der Waals surface area contributed by atoms with Crippen LogP contribution in [0.1, 0.15) is 28.8 Å². The Balaban J connectivity index is 2.33. The minimum atomic E-state index is -3.75. The summed E-state index contributed by atoms with van der Waals surface area (Å²) < 4.78 is 33.0. The molecule has 0 radical (unpaired) electrons. The highest BCUT2D eigenvalue weighted by Gasteiger charge is 2.24. The van der Waals surface area contributed by atoms with Gasteiger partial charge < -0.3 is 9.84 Å². The maximum atomic E-state index is 12.4. The molecule has 1 aromatic carbocycles. The number of carbonyl (C=O) groups is 1. The van der Waals surface area contributed by atoms with Gasteiger partial charge in [0.2, 0.25) is 10.0 Å². The topological polar surface area (TPSA) is 92.7 Å². The van der Waals surface area contributed by atoms with Crippen molar-refractivity contribution >= 4 is 31.9 Å². The van der Waals surface area contributed by atoms with E-state index in [4.69, 9.17) is 9.84 Å². The van der Waals surface area contributed by atoms with Crippen molar-refractivity contribution in [3.05, 3.63) is 27.7 Å². The molecule has 0 unspecified atom stereocenters. The van der Waals surface area contributed by atoms with Crippen LogP contribution in [0.4, 0.5) is 0 Å². The van der Waals surface area contributed by atoms with Gasteiger partial charge in [0, 0.05) is 23.7 Å². The smallest absolute Gasteiger partial charge is 0.336 e. The molecule has 0 aromatic heterocycles. The fourth-order valence-corrected chi connectivity index (χ4v) is 4.10. The Morgan fingerprint density at radius 3 is 2.57 bits per heavy atom. The van der Waals surface area contributed by atoms with Gasteiger partial charge in [0.1, 0.15) is 0 Å². The molecule has 2 rings (SSSR count). The first kappa shape index (κ1) is 16.4. The highest BCUT2D eigenvalue weighted by Crippen LogP contribution is 2.25. The van der Waals surface area contributed by atoms with E-state index in [0.29, 0.717) is 36.1 Å². The Labute approximate surface area is 131 Å². The third-order valence-corrected chi connectivity index (χ3v) is 5.73. The number of carboxylic acid groups (broad SMARTS) is 1. The lowest BCUT2D eigenvalue weighted by atomic mass is 10.1. The molecule has 21 heavy (non-hydrogen) atoms. The summed E-state index contributed by atoms with van der Waals surface area (Å²) in [5, 5.41) is 9.15. The number of benzene rings is 1. The van der Waals surface area contributed by atoms with Gasteiger partial charge in [-0.15, -0.1) is 0 Å². The predicted octanol–water partition coefficient (Wildman–Crippen LogP) is 1.91. The summed E-state index contributed by atoms with van der Waals surface area (Å²) >= 11 is 3.21. The van der Waals surface area contributed by atoms with E-state index in [9.17, 15) is 13.2 Å². The minimum absolute atomic E-state index is 0.0308. The highest BCUT2D eigenvalue weighted by molar-refractivity contribution is 9.10. The maximum absolute atomic E-state index is 12.4. The number of nitrogens with one attached hydrogen (secondary N) is 1. The van der Waals surface area contributed by atoms with Crippen molar-refractivity contribution in [2.24, 2.45) is 0 Å². The molecule has 0 spiro atoms. The van der Waals surface area contributed by atoms with Gasteiger partial charge in [0.25, 0.3) is 0 Å². The third kappa shape index (κ3) is 3.82. The zero-order valence-corrected chi connectivity index (χ0v) is 13.8. The van der Waals surface area contributed by atoms with Crippen LogP contribution in [0.5, 0.6) is 0 Å². The third-order valence-electron chi connectivity index (χ3n) is 3.40. The van der Waals surface area contributed by atoms with Crippen LogP contribution in [0, 0.1) is 6.92 Å². The van der Waals surface area contributed by atoms with Crippen molar-refractivity contribution in [2.45, 2.75) is 30.7 Å². The molecule has 1 aliphatic heterocycles. The van der Waals surface area contributed by atoms with Crippen LogP contribution in [0.3, 0.4) is 0 Å². The zero-order chi connectivity index (χ0) is 15.6. The predicted molar refractivity (Wildman–Crippen MR) is 80.0 cm³/mol. The Morgan fingerprint density at radius 1 is 1.38 bits per heavy atom. The molecule has 1 aromatic rings. The van der Waals surface area contributed by atoms with Gasteiger partial charge in [-0.1, -0.05) is 15.9 Å². The Morgan fingerprint density at radius 2 is 2.00 bits per heavy atom. The second kappa shape index (κ2) is 6.43. The molecule has 0 aliphatic carbocycles. The molecule has 2 N–H and O–H groups in total. The first-order valence-electron chi connectivity index (χ1n) is 6.45. The lowest BCUT2D eigenvalue weighted by Gasteiger charge is -2.23. The Bertz CT molecular complexity index is 653. The van der Waals surface area contributed by atoms with Crippen molar-refractivity contribution in [1.29, 1.82) is 0 Å². The van der Waals surface area contributed by atoms with Crippen molar-refractivity contribution in [3.8, 4) is 0 Å². The van der Waals surface area contributed by atoms with E-state index < -0.39 is 16.0 Å². The quantitative estimate of drug-likeness (QED) is 0.835. The number of rotatable bonds is 4. The van der Waals surface area contributed by atoms with Crippen LogP contribution >= 0.6 is 15.9 Å². The molecule has 0 amide bonds. The second-order valence-electron chi connectivity index (χ2n) is 4.89. The van der Waals surface area contributed by atoms with Crippen LogP contribution in [0.15, 0.2) is 21.5 Å². The minimum Gasteiger partial charge on any atom is -0.478 e. The fraction of sp³-hybridized carbons (Fsp3) is 0.462. The molecule has 1 saturated heterocycles. The van der Waals surface area contributed by atoms with Gasteiger partial charge in [-0.25, -0.2) is 17.9 Å². The van der Waals surface area contributed by atoms with Gasteiger partial charge in [0.05, 0.1) is 10.5 Å². The lowest BCUT2D eigenvalue weighted by molar-refractivity contribution is 0.0695. The number of halogens is 1. The molecule has 116 valence electrons. The monoisotopic (exact) mass is 377 g/mol. The maximum Gasteiger partial charge on any atom is 0.336 e. The number of carboxylic acids is 1. The normalized spacial score (nSPS) is 16.9. The highest BCUT2D eigenvalue weighted by atomic mass is 79.9. The molecule has 0 saturated carbocycles. The van der Waals surface area contributed by atoms with Crippen LogP contribution < -0.4 is 4.72 Å². The summed E-state index contributed by atoms with van der Waals surface area (Å²) in [6.07, 6.45) is 1.22. The van der Waals surface area contributed by atoms with E-state index in [2.05, 4.69) is 20.7 Å². The summed E-state index contributed by atoms with van der Waals surface area (Å²) in [6, 6.07) is 2.42. The van der Waals surface area contributed by atoms with Crippen molar-refractivity contribution in [2.75, 3.05) is 13.2 Å². The molecule has 6 nitrogen and oxygen atoms in total. The largest absolute Gasteiger partial charge is 0.478 e. The Kier molecular flexibility index (Phi) is 5.03. The summed E-state index contributed by atoms with van der Waals surface area (Å²) in [7, 11) is -3.75. The van der Waals surface area contributed by atoms with Crippen LogP contribution in [0.2, 0.25) is 0 Å². The standard InChI is InChI=1S/C13H16BrNO5S/c1-8-11(13(16)17)6-10(7-12(8)14)21(18,19)15-9-2-4-20-5-3-9/h6-7,9,15H,2-5H2,1H3,(H,16,17). The number of sulfonamides is 1. The molecular formula is C13H16BrNO5S. The molecular weight excluding hydrogens is 362 g/mol. The fourth-order valence-electron chi connectivity index (χ4n) is 2.13. The molecule has 1 aliphatic rings. The summed E-state index contributed by atoms with van der Waals surface area (Å²) in [4.78, 5) is 11.1. The SMILES string of the molecule is Cc1c(Br)cc(S(=O)(=O)NC2CCOCC2)cc1C(=O)O. The number of ether oxygens (including phenoxy) is 1. The average Bonchev–Trinajstić information content (AvgIpc) is 2.41. The van der Waals surface area contributed by atoms with Crippen molar-refractivity contribution < 1.29 is 23.1 Å². The van der Waals surface area contributed by atoms with Crippen LogP contribution in [-0.2, 0) is 14.8 Å². The summed E-state index contributed by atoms with van der Waals surface area (Å²) in [6.45, 7) is 2.66. The van der Waals surface area contributed by atoms with Crippen molar-refractivity contribution in [1.82, 2.24) is 4.72 Å². The van der Waals surface area contributed by atoms with Gasteiger partial charge in [-0.3, -0.25) is 0 Å². The van der Waals surface area contributed by atoms with E-state index in [1.54, 1.807) is 6.92 Å². The Hall–Kier alpha value is -0.960. The molecule has 8 heteroatoms. The molecule has 0 atom stereocenters. The zero-order valence-electron chi connectivity index (χ0n) is 11.4. The molecule has 1 fully saturated rings. The molecule has 1 heterocycles. The summed E-state index contributed by atoms with van der Waals surface area (Å²) in [5.74, 6) is -1.16. The van der Waals surface area contributed by atoms with Crippen LogP contribution in [-0.4, -0.2) is 38.7 Å². The summed E-state index contributed by atoms with van der Waals surface area (Å²) in [5.41, 5.74) is 0.462. The van der Waals surface area contributed by atoms with E-state index in [1.165, 1.54) is 12.1 Å². The number of hydrogen-bond donors (Lipinski definition) is 2. The van der Waals surface area contributed by atoms with Gasteiger partial charge in [-0.05, 0) is 37.5 Å². The number of aromatic carboxylic acids is 1. The van der Waals surface area contributed by atoms with Gasteiger partial charge in [-0.2, -0.15) is 0 Å². The van der Waals surface area contributed by atoms with E-state index in [-0.39, 0.29) is 16.5 Å². The van der Waals surface area contributed by atoms with Gasteiger partial charge >= 0.3 is 5.97 Å². The lowest BCUT2D eigenvalue weighted by Crippen LogP contribution is -2.38. The first-order chi connectivity index (χ1) is 9.81. The second-order valence-corrected chi connectivity index (χ2v) is 7.46. The van der Waals surface area contributed by atoms with Crippen molar-refractivity contribution in [3.63, 3.8) is 0 Å². The van der Waals surface area contributed by atoms with Crippen LogP contribution in [0.25, 0.3) is 0 Å². The average molecular weight is 378 g/mol. The number of hydrogen-bond acceptors (Lipinski definition) is 4. The van der Waals surface area contributed by atoms with E-state index in [1.807, 2.05) is 0 Å². The first-order valence-corrected chi connectivity index (χ1v) is 8.72. The van der Waals surface area contributed by atoms with E-state index in [0.717, 1.165) is 0 Å². The molecule has 0 bridgehead atoms. The van der Waals surface area contributed by atoms with Gasteiger partial charge in [0.15, 0.2) is 0 Å².